The quantitative estimate of drug-likeness (QED) is 0.521. The summed E-state index contributed by atoms with van der Waals surface area (Å²) in [5, 5.41) is 0. The molecule has 0 aliphatic rings. The van der Waals surface area contributed by atoms with E-state index < -0.39 is 0 Å². The van der Waals surface area contributed by atoms with Crippen LogP contribution >= 0.6 is 0 Å². The third-order valence-electron chi connectivity index (χ3n) is 3.83. The van der Waals surface area contributed by atoms with Crippen molar-refractivity contribution in [3.05, 3.63) is 35.6 Å². The van der Waals surface area contributed by atoms with Gasteiger partial charge in [-0.1, -0.05) is 63.5 Å². The van der Waals surface area contributed by atoms with Gasteiger partial charge in [0.2, 0.25) is 0 Å². The van der Waals surface area contributed by atoms with Crippen LogP contribution in [0.1, 0.15) is 69.8 Å². The Kier molecular flexibility index (Phi) is 10.2. The summed E-state index contributed by atoms with van der Waals surface area (Å²) in [5.74, 6) is -0.139. The molecule has 0 radical (unpaired) electrons. The summed E-state index contributed by atoms with van der Waals surface area (Å²) in [5.41, 5.74) is 6.72. The third-order valence-corrected chi connectivity index (χ3v) is 3.83. The minimum Gasteiger partial charge on any atom is -0.330 e. The Morgan fingerprint density at radius 3 is 1.60 bits per heavy atom. The molecular weight excluding hydrogens is 249 g/mol. The summed E-state index contributed by atoms with van der Waals surface area (Å²) in [6.45, 7) is 0.841. The highest BCUT2D eigenvalue weighted by Crippen LogP contribution is 2.12. The van der Waals surface area contributed by atoms with Gasteiger partial charge < -0.3 is 5.73 Å². The summed E-state index contributed by atoms with van der Waals surface area (Å²) in [6.07, 6.45) is 14.3. The Morgan fingerprint density at radius 1 is 0.650 bits per heavy atom. The zero-order chi connectivity index (χ0) is 14.5. The van der Waals surface area contributed by atoms with Crippen molar-refractivity contribution in [1.29, 1.82) is 0 Å². The van der Waals surface area contributed by atoms with Crippen molar-refractivity contribution < 1.29 is 4.39 Å². The van der Waals surface area contributed by atoms with Gasteiger partial charge in [0.15, 0.2) is 0 Å². The first kappa shape index (κ1) is 17.2. The minimum absolute atomic E-state index is 0.139. The second-order valence-corrected chi connectivity index (χ2v) is 5.70. The Balaban J connectivity index is 1.84. The zero-order valence-corrected chi connectivity index (χ0v) is 12.7. The molecule has 2 heteroatoms. The Morgan fingerprint density at radius 2 is 1.10 bits per heavy atom. The smallest absolute Gasteiger partial charge is 0.123 e. The number of unbranched alkanes of at least 4 members (excludes halogenated alkanes) is 9. The van der Waals surface area contributed by atoms with Crippen LogP contribution in [0.3, 0.4) is 0 Å². The van der Waals surface area contributed by atoms with E-state index in [0.717, 1.165) is 13.0 Å². The van der Waals surface area contributed by atoms with Gasteiger partial charge in [0.25, 0.3) is 0 Å². The second kappa shape index (κ2) is 11.9. The third kappa shape index (κ3) is 9.08. The lowest BCUT2D eigenvalue weighted by Crippen LogP contribution is -1.97. The summed E-state index contributed by atoms with van der Waals surface area (Å²) in [7, 11) is 0. The van der Waals surface area contributed by atoms with Crippen molar-refractivity contribution >= 4 is 0 Å². The van der Waals surface area contributed by atoms with Gasteiger partial charge in [0.05, 0.1) is 0 Å². The normalized spacial score (nSPS) is 10.9. The molecule has 1 aromatic rings. The van der Waals surface area contributed by atoms with E-state index >= 15 is 0 Å². The van der Waals surface area contributed by atoms with Gasteiger partial charge >= 0.3 is 0 Å². The van der Waals surface area contributed by atoms with Crippen LogP contribution in [0.4, 0.5) is 4.39 Å². The molecule has 0 atom stereocenters. The van der Waals surface area contributed by atoms with Crippen LogP contribution in [0.2, 0.25) is 0 Å². The van der Waals surface area contributed by atoms with E-state index in [-0.39, 0.29) is 5.82 Å². The van der Waals surface area contributed by atoms with E-state index in [4.69, 9.17) is 5.73 Å². The highest BCUT2D eigenvalue weighted by Gasteiger charge is 1.96. The number of aryl methyl sites for hydroxylation is 1. The topological polar surface area (TPSA) is 26.0 Å². The van der Waals surface area contributed by atoms with Crippen LogP contribution in [-0.4, -0.2) is 6.54 Å². The maximum atomic E-state index is 12.7. The molecule has 20 heavy (non-hydrogen) atoms. The number of halogens is 1. The molecule has 114 valence electrons. The SMILES string of the molecule is NCCCCCCCCCCCCc1ccc(F)cc1. The number of rotatable bonds is 12. The molecule has 0 saturated carbocycles. The number of benzene rings is 1. The molecule has 0 aliphatic carbocycles. The molecule has 0 aliphatic heterocycles. The lowest BCUT2D eigenvalue weighted by Gasteiger charge is -2.03. The monoisotopic (exact) mass is 279 g/mol. The molecule has 0 saturated heterocycles. The maximum absolute atomic E-state index is 12.7. The number of hydrogen-bond acceptors (Lipinski definition) is 1. The van der Waals surface area contributed by atoms with E-state index in [1.807, 2.05) is 12.1 Å². The average molecular weight is 279 g/mol. The molecule has 1 nitrogen and oxygen atoms in total. The average Bonchev–Trinajstić information content (AvgIpc) is 2.47. The summed E-state index contributed by atoms with van der Waals surface area (Å²) < 4.78 is 12.7. The van der Waals surface area contributed by atoms with Gasteiger partial charge in [-0.2, -0.15) is 0 Å². The van der Waals surface area contributed by atoms with E-state index in [2.05, 4.69) is 0 Å². The first-order valence-electron chi connectivity index (χ1n) is 8.27. The minimum atomic E-state index is -0.139. The van der Waals surface area contributed by atoms with E-state index in [9.17, 15) is 4.39 Å². The highest BCUT2D eigenvalue weighted by molar-refractivity contribution is 5.15. The Bertz CT molecular complexity index is 321. The van der Waals surface area contributed by atoms with Gasteiger partial charge in [-0.15, -0.1) is 0 Å². The fourth-order valence-corrected chi connectivity index (χ4v) is 2.54. The van der Waals surface area contributed by atoms with Crippen LogP contribution in [-0.2, 0) is 6.42 Å². The molecule has 1 aromatic carbocycles. The molecule has 0 fully saturated rings. The molecule has 0 spiro atoms. The van der Waals surface area contributed by atoms with Gasteiger partial charge in [-0.3, -0.25) is 0 Å². The fraction of sp³-hybridized carbons (Fsp3) is 0.667. The van der Waals surface area contributed by atoms with Crippen molar-refractivity contribution in [3.63, 3.8) is 0 Å². The van der Waals surface area contributed by atoms with Gasteiger partial charge in [0.1, 0.15) is 5.82 Å². The summed E-state index contributed by atoms with van der Waals surface area (Å²) in [6, 6.07) is 6.91. The van der Waals surface area contributed by atoms with E-state index in [1.165, 1.54) is 69.8 Å². The molecule has 0 heterocycles. The summed E-state index contributed by atoms with van der Waals surface area (Å²) in [4.78, 5) is 0. The fourth-order valence-electron chi connectivity index (χ4n) is 2.54. The van der Waals surface area contributed by atoms with Gasteiger partial charge in [-0.25, -0.2) is 4.39 Å². The van der Waals surface area contributed by atoms with Crippen LogP contribution in [0, 0.1) is 5.82 Å². The van der Waals surface area contributed by atoms with Gasteiger partial charge in [0, 0.05) is 0 Å². The lowest BCUT2D eigenvalue weighted by molar-refractivity contribution is 0.552. The number of hydrogen-bond donors (Lipinski definition) is 1. The van der Waals surface area contributed by atoms with Crippen molar-refractivity contribution in [2.75, 3.05) is 6.54 Å². The predicted molar refractivity (Wildman–Crippen MR) is 85.3 cm³/mol. The molecule has 2 N–H and O–H groups in total. The second-order valence-electron chi connectivity index (χ2n) is 5.70. The van der Waals surface area contributed by atoms with Crippen LogP contribution in [0.5, 0.6) is 0 Å². The maximum Gasteiger partial charge on any atom is 0.123 e. The highest BCUT2D eigenvalue weighted by atomic mass is 19.1. The molecule has 0 aromatic heterocycles. The molecule has 0 amide bonds. The van der Waals surface area contributed by atoms with Crippen LogP contribution in [0.15, 0.2) is 24.3 Å². The molecule has 1 rings (SSSR count). The lowest BCUT2D eigenvalue weighted by atomic mass is 10.0. The van der Waals surface area contributed by atoms with E-state index in [1.54, 1.807) is 12.1 Å². The van der Waals surface area contributed by atoms with Crippen LogP contribution in [0.25, 0.3) is 0 Å². The van der Waals surface area contributed by atoms with Crippen molar-refractivity contribution in [2.45, 2.75) is 70.6 Å². The summed E-state index contributed by atoms with van der Waals surface area (Å²) >= 11 is 0. The Labute approximate surface area is 123 Å². The first-order chi connectivity index (χ1) is 9.83. The first-order valence-corrected chi connectivity index (χ1v) is 8.27. The molecular formula is C18H30FN. The molecule has 0 unspecified atom stereocenters. The van der Waals surface area contributed by atoms with E-state index in [0.29, 0.717) is 0 Å². The number of nitrogens with two attached hydrogens (primary N) is 1. The van der Waals surface area contributed by atoms with Crippen molar-refractivity contribution in [1.82, 2.24) is 0 Å². The Hall–Kier alpha value is -0.890. The standard InChI is InChI=1S/C18H30FN/c19-18-14-12-17(13-15-18)11-9-7-5-3-1-2-4-6-8-10-16-20/h12-15H,1-11,16,20H2. The molecule has 0 bridgehead atoms. The predicted octanol–water partition coefficient (Wildman–Crippen LogP) is 5.23. The van der Waals surface area contributed by atoms with Crippen LogP contribution < -0.4 is 5.73 Å². The largest absolute Gasteiger partial charge is 0.330 e. The van der Waals surface area contributed by atoms with Crippen molar-refractivity contribution in [3.8, 4) is 0 Å². The van der Waals surface area contributed by atoms with Crippen molar-refractivity contribution in [2.24, 2.45) is 5.73 Å². The van der Waals surface area contributed by atoms with Gasteiger partial charge in [-0.05, 0) is 43.5 Å². The zero-order valence-electron chi connectivity index (χ0n) is 12.7.